The molecule has 12 rings (SSSR count). The number of rotatable bonds is 8. The second-order valence-corrected chi connectivity index (χ2v) is 15.3. The molecule has 0 aliphatic carbocycles. The maximum atomic E-state index is 7.24. The van der Waals surface area contributed by atoms with Crippen molar-refractivity contribution in [3.8, 4) is 16.9 Å². The van der Waals surface area contributed by atoms with Gasteiger partial charge < -0.3 is 28.7 Å². The first-order valence-corrected chi connectivity index (χ1v) is 20.5. The third-order valence-corrected chi connectivity index (χ3v) is 11.7. The highest BCUT2D eigenvalue weighted by atomic mass is 16.5. The van der Waals surface area contributed by atoms with Crippen LogP contribution >= 0.6 is 0 Å². The topological polar surface area (TPSA) is 54.0 Å². The van der Waals surface area contributed by atoms with E-state index in [4.69, 9.17) is 13.6 Å². The van der Waals surface area contributed by atoms with E-state index in [-0.39, 0.29) is 0 Å². The molecule has 6 nitrogen and oxygen atoms in total. The van der Waals surface area contributed by atoms with Crippen molar-refractivity contribution in [2.24, 2.45) is 0 Å². The molecule has 0 fully saturated rings. The highest BCUT2D eigenvalue weighted by molar-refractivity contribution is 6.08. The maximum Gasteiger partial charge on any atom is 0.197 e. The van der Waals surface area contributed by atoms with Crippen LogP contribution in [-0.4, -0.2) is 0 Å². The fraction of sp³-hybridized carbons (Fsp3) is 0.0182. The minimum Gasteiger partial charge on any atom is -0.462 e. The fourth-order valence-electron chi connectivity index (χ4n) is 8.97. The number of fused-ring (bicyclic) bond motifs is 7. The van der Waals surface area contributed by atoms with Crippen molar-refractivity contribution >= 4 is 83.7 Å². The van der Waals surface area contributed by atoms with Crippen LogP contribution < -0.4 is 19.9 Å². The van der Waals surface area contributed by atoms with E-state index >= 15 is 0 Å². The fourth-order valence-corrected chi connectivity index (χ4v) is 8.97. The predicted octanol–water partition coefficient (Wildman–Crippen LogP) is 15.6. The third-order valence-electron chi connectivity index (χ3n) is 11.7. The number of nitrogens with zero attached hydrogens (tertiary/aromatic N) is 2. The van der Waals surface area contributed by atoms with E-state index in [2.05, 4.69) is 191 Å². The van der Waals surface area contributed by atoms with E-state index in [0.29, 0.717) is 0 Å². The van der Waals surface area contributed by atoms with Gasteiger partial charge in [0.2, 0.25) is 0 Å². The van der Waals surface area contributed by atoms with Crippen LogP contribution in [0, 0.1) is 0 Å². The zero-order valence-electron chi connectivity index (χ0n) is 32.9. The highest BCUT2D eigenvalue weighted by Crippen LogP contribution is 2.54. The summed E-state index contributed by atoms with van der Waals surface area (Å²) in [4.78, 5) is 4.65. The molecule has 1 atom stereocenters. The summed E-state index contributed by atoms with van der Waals surface area (Å²) in [7, 11) is 0. The number of ether oxygens (including phenoxy) is 1. The van der Waals surface area contributed by atoms with Crippen molar-refractivity contribution < 1.29 is 13.6 Å². The summed E-state index contributed by atoms with van der Waals surface area (Å²) >= 11 is 0. The molecule has 0 radical (unpaired) electrons. The molecule has 290 valence electrons. The Hall–Kier alpha value is -8.22. The van der Waals surface area contributed by atoms with Gasteiger partial charge in [0.1, 0.15) is 22.3 Å². The number of anilines is 7. The summed E-state index contributed by atoms with van der Waals surface area (Å²) in [6, 6.07) is 73.8. The number of hydrogen-bond acceptors (Lipinski definition) is 6. The monoisotopic (exact) mass is 787 g/mol. The van der Waals surface area contributed by atoms with Gasteiger partial charge in [0, 0.05) is 49.7 Å². The Morgan fingerprint density at radius 3 is 1.79 bits per heavy atom. The Balaban J connectivity index is 1.11. The number of para-hydroxylation sites is 5. The second kappa shape index (κ2) is 14.3. The predicted molar refractivity (Wildman–Crippen MR) is 249 cm³/mol. The van der Waals surface area contributed by atoms with Gasteiger partial charge in [-0.05, 0) is 84.4 Å². The Morgan fingerprint density at radius 1 is 0.393 bits per heavy atom. The van der Waals surface area contributed by atoms with Gasteiger partial charge in [-0.15, -0.1) is 0 Å². The number of benzene rings is 9. The SMILES string of the molecule is c1ccc(-c2ccccc2N(c2ccccc2)c2cc(N(c3ccccc3)c3ccc4oc5ccccc5c4c3)cc3c2OC(c2cccc4oc5ccccc5c24)N3)cc1. The lowest BCUT2D eigenvalue weighted by Gasteiger charge is -2.31. The molecule has 2 aromatic heterocycles. The van der Waals surface area contributed by atoms with Crippen molar-refractivity contribution in [2.45, 2.75) is 6.23 Å². The standard InChI is InChI=1S/C55H37N3O3/c1-4-17-36(18-5-1)41-23-10-13-27-47(41)58(38-21-8-3-9-22-38)48-35-40(34-46-54(48)61-55(56-46)44-26-16-30-52-53(44)43-25-12-15-29-50(43)60-52)57(37-19-6-2-7-20-37)39-31-32-51-45(33-39)42-24-11-14-28-49(42)59-51/h1-35,55-56H. The van der Waals surface area contributed by atoms with Gasteiger partial charge in [0.15, 0.2) is 12.0 Å². The smallest absolute Gasteiger partial charge is 0.197 e. The Kier molecular flexibility index (Phi) is 8.13. The van der Waals surface area contributed by atoms with E-state index in [0.717, 1.165) is 106 Å². The normalized spacial score (nSPS) is 13.3. The quantitative estimate of drug-likeness (QED) is 0.166. The Bertz CT molecular complexity index is 3400. The summed E-state index contributed by atoms with van der Waals surface area (Å²) in [5.74, 6) is 0.745. The van der Waals surface area contributed by atoms with E-state index in [1.54, 1.807) is 0 Å². The first kappa shape index (κ1) is 34.8. The molecule has 9 aromatic carbocycles. The van der Waals surface area contributed by atoms with Crippen molar-refractivity contribution in [2.75, 3.05) is 15.1 Å². The van der Waals surface area contributed by atoms with Crippen LogP contribution in [0.1, 0.15) is 11.8 Å². The average Bonchev–Trinajstić information content (AvgIpc) is 4.04. The van der Waals surface area contributed by atoms with E-state index in [1.807, 2.05) is 36.4 Å². The van der Waals surface area contributed by atoms with Crippen LogP contribution in [-0.2, 0) is 0 Å². The zero-order valence-corrected chi connectivity index (χ0v) is 32.9. The molecule has 0 saturated heterocycles. The minimum absolute atomic E-state index is 0.505. The van der Waals surface area contributed by atoms with Gasteiger partial charge in [-0.1, -0.05) is 133 Å². The van der Waals surface area contributed by atoms with Crippen LogP contribution in [0.5, 0.6) is 5.75 Å². The molecule has 1 aliphatic heterocycles. The first-order valence-electron chi connectivity index (χ1n) is 20.5. The lowest BCUT2D eigenvalue weighted by atomic mass is 10.0. The molecule has 3 heterocycles. The van der Waals surface area contributed by atoms with Crippen LogP contribution in [0.4, 0.5) is 39.8 Å². The lowest BCUT2D eigenvalue weighted by molar-refractivity contribution is 0.262. The van der Waals surface area contributed by atoms with Crippen LogP contribution in [0.2, 0.25) is 0 Å². The Morgan fingerprint density at radius 2 is 1.00 bits per heavy atom. The van der Waals surface area contributed by atoms with E-state index in [1.165, 1.54) is 0 Å². The lowest BCUT2D eigenvalue weighted by Crippen LogP contribution is -2.14. The van der Waals surface area contributed by atoms with Crippen molar-refractivity contribution in [3.05, 3.63) is 218 Å². The maximum absolute atomic E-state index is 7.24. The molecular weight excluding hydrogens is 751 g/mol. The van der Waals surface area contributed by atoms with E-state index < -0.39 is 6.23 Å². The molecule has 0 amide bonds. The van der Waals surface area contributed by atoms with Crippen molar-refractivity contribution in [3.63, 3.8) is 0 Å². The average molecular weight is 788 g/mol. The molecule has 61 heavy (non-hydrogen) atoms. The summed E-state index contributed by atoms with van der Waals surface area (Å²) in [5.41, 5.74) is 13.3. The highest BCUT2D eigenvalue weighted by Gasteiger charge is 2.33. The first-order chi connectivity index (χ1) is 30.2. The van der Waals surface area contributed by atoms with Gasteiger partial charge in [0.25, 0.3) is 0 Å². The molecular formula is C55H37N3O3. The van der Waals surface area contributed by atoms with Gasteiger partial charge in [-0.25, -0.2) is 0 Å². The number of hydrogen-bond donors (Lipinski definition) is 1. The largest absolute Gasteiger partial charge is 0.462 e. The van der Waals surface area contributed by atoms with Crippen LogP contribution in [0.25, 0.3) is 55.0 Å². The molecule has 1 aliphatic rings. The van der Waals surface area contributed by atoms with Crippen LogP contribution in [0.15, 0.2) is 221 Å². The molecule has 1 N–H and O–H groups in total. The second-order valence-electron chi connectivity index (χ2n) is 15.3. The summed E-state index contributed by atoms with van der Waals surface area (Å²) in [6.07, 6.45) is -0.505. The number of furan rings is 2. The molecule has 11 aromatic rings. The summed E-state index contributed by atoms with van der Waals surface area (Å²) < 4.78 is 19.9. The molecule has 0 saturated carbocycles. The molecule has 0 spiro atoms. The van der Waals surface area contributed by atoms with Gasteiger partial charge in [-0.2, -0.15) is 0 Å². The van der Waals surface area contributed by atoms with Gasteiger partial charge >= 0.3 is 0 Å². The summed E-state index contributed by atoms with van der Waals surface area (Å²) in [6.45, 7) is 0. The van der Waals surface area contributed by atoms with Crippen molar-refractivity contribution in [1.82, 2.24) is 0 Å². The minimum atomic E-state index is -0.505. The molecule has 6 heteroatoms. The number of nitrogens with one attached hydrogen (secondary N) is 1. The van der Waals surface area contributed by atoms with Crippen molar-refractivity contribution in [1.29, 1.82) is 0 Å². The van der Waals surface area contributed by atoms with Crippen LogP contribution in [0.3, 0.4) is 0 Å². The third kappa shape index (κ3) is 5.88. The Labute approximate surface area is 352 Å². The van der Waals surface area contributed by atoms with Gasteiger partial charge in [-0.3, -0.25) is 0 Å². The van der Waals surface area contributed by atoms with E-state index in [9.17, 15) is 0 Å². The zero-order chi connectivity index (χ0) is 40.3. The van der Waals surface area contributed by atoms with Gasteiger partial charge in [0.05, 0.1) is 22.7 Å². The summed E-state index contributed by atoms with van der Waals surface area (Å²) in [5, 5.41) is 8.08. The molecule has 0 bridgehead atoms. The molecule has 1 unspecified atom stereocenters.